The average Bonchev–Trinajstić information content (AvgIpc) is 2.25. The molecule has 17 heavy (non-hydrogen) atoms. The Morgan fingerprint density at radius 2 is 2.12 bits per heavy atom. The van der Waals surface area contributed by atoms with Crippen LogP contribution in [-0.4, -0.2) is 26.5 Å². The van der Waals surface area contributed by atoms with E-state index in [-0.39, 0.29) is 23.9 Å². The molecule has 0 aliphatic carbocycles. The number of nitrogens with two attached hydrogens (primary N) is 1. The van der Waals surface area contributed by atoms with Crippen LogP contribution in [0.5, 0.6) is 0 Å². The second-order valence-electron chi connectivity index (χ2n) is 3.52. The Labute approximate surface area is 114 Å². The van der Waals surface area contributed by atoms with E-state index in [1.165, 1.54) is 12.1 Å². The fourth-order valence-electron chi connectivity index (χ4n) is 1.20. The van der Waals surface area contributed by atoms with E-state index < -0.39 is 9.84 Å². The minimum atomic E-state index is -3.02. The van der Waals surface area contributed by atoms with Crippen LogP contribution >= 0.6 is 22.6 Å². The van der Waals surface area contributed by atoms with E-state index in [2.05, 4.69) is 5.32 Å². The molecule has 1 aromatic rings. The van der Waals surface area contributed by atoms with Crippen molar-refractivity contribution in [1.29, 1.82) is 0 Å². The molecule has 0 radical (unpaired) electrons. The minimum Gasteiger partial charge on any atom is -0.397 e. The van der Waals surface area contributed by atoms with Gasteiger partial charge >= 0.3 is 0 Å². The van der Waals surface area contributed by atoms with Crippen LogP contribution in [0.1, 0.15) is 6.92 Å². The summed E-state index contributed by atoms with van der Waals surface area (Å²) in [4.78, 5) is 0. The lowest BCUT2D eigenvalue weighted by Crippen LogP contribution is -2.17. The summed E-state index contributed by atoms with van der Waals surface area (Å²) in [6.07, 6.45) is 0. The molecule has 0 saturated heterocycles. The largest absolute Gasteiger partial charge is 0.397 e. The monoisotopic (exact) mass is 372 g/mol. The topological polar surface area (TPSA) is 72.2 Å². The fourth-order valence-corrected chi connectivity index (χ4v) is 2.39. The summed E-state index contributed by atoms with van der Waals surface area (Å²) >= 11 is 1.84. The first-order valence-electron chi connectivity index (χ1n) is 5.04. The van der Waals surface area contributed by atoms with Crippen molar-refractivity contribution >= 4 is 43.8 Å². The average molecular weight is 372 g/mol. The molecular formula is C10H14FIN2O2S. The maximum atomic E-state index is 13.3. The van der Waals surface area contributed by atoms with Crippen molar-refractivity contribution in [3.05, 3.63) is 21.5 Å². The molecule has 0 aromatic heterocycles. The molecule has 0 bridgehead atoms. The number of hydrogen-bond donors (Lipinski definition) is 2. The van der Waals surface area contributed by atoms with E-state index in [0.29, 0.717) is 14.9 Å². The van der Waals surface area contributed by atoms with Crippen molar-refractivity contribution in [1.82, 2.24) is 0 Å². The molecule has 0 atom stereocenters. The van der Waals surface area contributed by atoms with Crippen molar-refractivity contribution in [2.45, 2.75) is 6.92 Å². The second kappa shape index (κ2) is 5.85. The standard InChI is InChI=1S/C10H14FIN2O2S/c1-2-17(15,16)4-3-14-10-5-7(11)8(12)6-9(10)13/h5-6,14H,2-4,13H2,1H3. The third-order valence-corrected chi connectivity index (χ3v) is 4.79. The van der Waals surface area contributed by atoms with Gasteiger partial charge in [0.15, 0.2) is 9.84 Å². The number of hydrogen-bond acceptors (Lipinski definition) is 4. The first-order chi connectivity index (χ1) is 7.85. The Morgan fingerprint density at radius 3 is 2.71 bits per heavy atom. The van der Waals surface area contributed by atoms with Gasteiger partial charge in [-0.05, 0) is 28.7 Å². The summed E-state index contributed by atoms with van der Waals surface area (Å²) in [7, 11) is -3.02. The summed E-state index contributed by atoms with van der Waals surface area (Å²) in [5.74, 6) is -0.262. The maximum Gasteiger partial charge on any atom is 0.151 e. The quantitative estimate of drug-likeness (QED) is 0.612. The van der Waals surface area contributed by atoms with E-state index in [1.54, 1.807) is 6.92 Å². The molecule has 0 saturated carbocycles. The van der Waals surface area contributed by atoms with Crippen LogP contribution in [0, 0.1) is 9.39 Å². The molecular weight excluding hydrogens is 358 g/mol. The number of rotatable bonds is 5. The van der Waals surface area contributed by atoms with Crippen molar-refractivity contribution in [2.75, 3.05) is 29.1 Å². The van der Waals surface area contributed by atoms with Gasteiger partial charge in [-0.1, -0.05) is 6.92 Å². The molecule has 0 heterocycles. The van der Waals surface area contributed by atoms with Crippen molar-refractivity contribution in [3.63, 3.8) is 0 Å². The third kappa shape index (κ3) is 4.30. The summed E-state index contributed by atoms with van der Waals surface area (Å²) in [5.41, 5.74) is 6.52. The number of nitrogens with one attached hydrogen (secondary N) is 1. The number of halogens is 2. The number of sulfone groups is 1. The van der Waals surface area contributed by atoms with Gasteiger partial charge in [-0.15, -0.1) is 0 Å². The highest BCUT2D eigenvalue weighted by atomic mass is 127. The van der Waals surface area contributed by atoms with Gasteiger partial charge in [0, 0.05) is 18.4 Å². The summed E-state index contributed by atoms with van der Waals surface area (Å²) in [5, 5.41) is 2.82. The van der Waals surface area contributed by atoms with E-state index >= 15 is 0 Å². The fraction of sp³-hybridized carbons (Fsp3) is 0.400. The molecule has 4 nitrogen and oxygen atoms in total. The van der Waals surface area contributed by atoms with E-state index in [0.717, 1.165) is 0 Å². The predicted octanol–water partition coefficient (Wildman–Crippen LogP) is 1.86. The van der Waals surface area contributed by atoms with Crippen LogP contribution in [0.4, 0.5) is 15.8 Å². The third-order valence-electron chi connectivity index (χ3n) is 2.26. The lowest BCUT2D eigenvalue weighted by Gasteiger charge is -2.10. The molecule has 1 rings (SSSR count). The van der Waals surface area contributed by atoms with Gasteiger partial charge in [0.05, 0.1) is 20.7 Å². The minimum absolute atomic E-state index is 0.0105. The Hall–Kier alpha value is -0.570. The zero-order valence-electron chi connectivity index (χ0n) is 9.33. The zero-order valence-corrected chi connectivity index (χ0v) is 12.3. The molecule has 1 aromatic carbocycles. The first kappa shape index (κ1) is 14.5. The Kier molecular flexibility index (Phi) is 4.99. The molecule has 0 amide bonds. The van der Waals surface area contributed by atoms with Gasteiger partial charge in [0.25, 0.3) is 0 Å². The molecule has 0 aliphatic rings. The normalized spacial score (nSPS) is 11.5. The summed E-state index contributed by atoms with van der Waals surface area (Å²) in [6, 6.07) is 2.78. The van der Waals surface area contributed by atoms with Gasteiger partial charge in [-0.25, -0.2) is 12.8 Å². The van der Waals surface area contributed by atoms with Gasteiger partial charge in [0.2, 0.25) is 0 Å². The van der Waals surface area contributed by atoms with Crippen LogP contribution in [0.15, 0.2) is 12.1 Å². The molecule has 3 N–H and O–H groups in total. The summed E-state index contributed by atoms with van der Waals surface area (Å²) in [6.45, 7) is 1.81. The van der Waals surface area contributed by atoms with Gasteiger partial charge < -0.3 is 11.1 Å². The second-order valence-corrected chi connectivity index (χ2v) is 7.15. The van der Waals surface area contributed by atoms with Crippen LogP contribution in [0.2, 0.25) is 0 Å². The predicted molar refractivity (Wildman–Crippen MR) is 76.3 cm³/mol. The van der Waals surface area contributed by atoms with Gasteiger partial charge in [0.1, 0.15) is 5.82 Å². The SMILES string of the molecule is CCS(=O)(=O)CCNc1cc(F)c(I)cc1N. The zero-order chi connectivity index (χ0) is 13.1. The molecule has 0 unspecified atom stereocenters. The van der Waals surface area contributed by atoms with Gasteiger partial charge in [-0.2, -0.15) is 0 Å². The lowest BCUT2D eigenvalue weighted by molar-refractivity contribution is 0.597. The molecule has 96 valence electrons. The summed E-state index contributed by atoms with van der Waals surface area (Å²) < 4.78 is 36.2. The first-order valence-corrected chi connectivity index (χ1v) is 7.94. The van der Waals surface area contributed by atoms with Crippen molar-refractivity contribution in [3.8, 4) is 0 Å². The Morgan fingerprint density at radius 1 is 1.47 bits per heavy atom. The van der Waals surface area contributed by atoms with Crippen LogP contribution in [0.25, 0.3) is 0 Å². The smallest absolute Gasteiger partial charge is 0.151 e. The van der Waals surface area contributed by atoms with Crippen LogP contribution < -0.4 is 11.1 Å². The van der Waals surface area contributed by atoms with Gasteiger partial charge in [-0.3, -0.25) is 0 Å². The van der Waals surface area contributed by atoms with Crippen molar-refractivity contribution in [2.24, 2.45) is 0 Å². The Balaban J connectivity index is 2.68. The van der Waals surface area contributed by atoms with Crippen LogP contribution in [-0.2, 0) is 9.84 Å². The number of nitrogen functional groups attached to an aromatic ring is 1. The molecule has 0 spiro atoms. The molecule has 7 heteroatoms. The highest BCUT2D eigenvalue weighted by Gasteiger charge is 2.09. The highest BCUT2D eigenvalue weighted by molar-refractivity contribution is 14.1. The molecule has 0 aliphatic heterocycles. The number of benzene rings is 1. The van der Waals surface area contributed by atoms with Crippen LogP contribution in [0.3, 0.4) is 0 Å². The highest BCUT2D eigenvalue weighted by Crippen LogP contribution is 2.23. The van der Waals surface area contributed by atoms with E-state index in [9.17, 15) is 12.8 Å². The maximum absolute atomic E-state index is 13.3. The lowest BCUT2D eigenvalue weighted by atomic mass is 10.2. The van der Waals surface area contributed by atoms with E-state index in [1.807, 2.05) is 22.6 Å². The van der Waals surface area contributed by atoms with E-state index in [4.69, 9.17) is 5.73 Å². The number of anilines is 2. The van der Waals surface area contributed by atoms with Crippen molar-refractivity contribution < 1.29 is 12.8 Å². The Bertz CT molecular complexity index is 505. The molecule has 0 fully saturated rings.